The van der Waals surface area contributed by atoms with Gasteiger partial charge in [-0.15, -0.1) is 0 Å². The van der Waals surface area contributed by atoms with Crippen LogP contribution in [-0.4, -0.2) is 45.4 Å². The van der Waals surface area contributed by atoms with Crippen molar-refractivity contribution in [3.8, 4) is 5.75 Å². The summed E-state index contributed by atoms with van der Waals surface area (Å²) in [5.74, 6) is 1.15. The minimum atomic E-state index is -0.740. The van der Waals surface area contributed by atoms with E-state index in [1.165, 1.54) is 47.7 Å². The van der Waals surface area contributed by atoms with Crippen LogP contribution in [0.3, 0.4) is 0 Å². The van der Waals surface area contributed by atoms with Gasteiger partial charge in [0, 0.05) is 30.3 Å². The topological polar surface area (TPSA) is 93.7 Å². The molecule has 4 rings (SSSR count). The van der Waals surface area contributed by atoms with Crippen LogP contribution in [0, 0.1) is 16.0 Å². The van der Waals surface area contributed by atoms with Crippen LogP contribution >= 0.6 is 23.2 Å². The number of piperidine rings is 1. The van der Waals surface area contributed by atoms with Gasteiger partial charge in [0.1, 0.15) is 18.6 Å². The predicted molar refractivity (Wildman–Crippen MR) is 146 cm³/mol. The van der Waals surface area contributed by atoms with Crippen LogP contribution in [0.4, 0.5) is 11.5 Å². The summed E-state index contributed by atoms with van der Waals surface area (Å²) in [4.78, 5) is 16.3. The Bertz CT molecular complexity index is 1150. The second-order valence-corrected chi connectivity index (χ2v) is 10.3. The number of hydrogen-bond donors (Lipinski definition) is 1. The highest BCUT2D eigenvalue weighted by molar-refractivity contribution is 6.30. The zero-order valence-electron chi connectivity index (χ0n) is 20.6. The maximum absolute atomic E-state index is 10.8. The van der Waals surface area contributed by atoms with Crippen molar-refractivity contribution in [1.82, 2.24) is 9.55 Å². The van der Waals surface area contributed by atoms with Crippen LogP contribution in [0.15, 0.2) is 54.7 Å². The van der Waals surface area contributed by atoms with Crippen LogP contribution in [0.5, 0.6) is 5.75 Å². The number of aromatic nitrogens is 2. The maximum atomic E-state index is 10.8. The lowest BCUT2D eigenvalue weighted by molar-refractivity contribution is -0.389. The summed E-state index contributed by atoms with van der Waals surface area (Å²) < 4.78 is 7.18. The smallest absolute Gasteiger partial charge is 0.383 e. The van der Waals surface area contributed by atoms with Gasteiger partial charge < -0.3 is 24.9 Å². The van der Waals surface area contributed by atoms with E-state index in [2.05, 4.69) is 34.1 Å². The Balaban J connectivity index is 1.14. The monoisotopic (exact) mass is 546 g/mol. The second kappa shape index (κ2) is 13.1. The van der Waals surface area contributed by atoms with Crippen LogP contribution < -0.4 is 9.64 Å². The summed E-state index contributed by atoms with van der Waals surface area (Å²) in [5, 5.41) is 21.9. The van der Waals surface area contributed by atoms with Gasteiger partial charge in [-0.05, 0) is 108 Å². The van der Waals surface area contributed by atoms with E-state index in [1.54, 1.807) is 0 Å². The van der Waals surface area contributed by atoms with Gasteiger partial charge in [-0.25, -0.2) is 0 Å². The van der Waals surface area contributed by atoms with Gasteiger partial charge in [-0.2, -0.15) is 0 Å². The van der Waals surface area contributed by atoms with E-state index in [9.17, 15) is 15.2 Å². The molecule has 0 saturated carbocycles. The molecule has 1 N–H and O–H groups in total. The molecule has 1 unspecified atom stereocenters. The van der Waals surface area contributed by atoms with Gasteiger partial charge in [0.2, 0.25) is 0 Å². The first kappa shape index (κ1) is 27.2. The largest absolute Gasteiger partial charge is 0.491 e. The normalized spacial score (nSPS) is 15.1. The summed E-state index contributed by atoms with van der Waals surface area (Å²) in [7, 11) is 0. The van der Waals surface area contributed by atoms with Gasteiger partial charge in [-0.3, -0.25) is 4.57 Å². The molecule has 198 valence electrons. The highest BCUT2D eigenvalue weighted by Crippen LogP contribution is 2.28. The van der Waals surface area contributed by atoms with Crippen molar-refractivity contribution >= 4 is 34.7 Å². The molecule has 0 bridgehead atoms. The predicted octanol–water partition coefficient (Wildman–Crippen LogP) is 6.17. The molecule has 0 spiro atoms. The van der Waals surface area contributed by atoms with Crippen molar-refractivity contribution in [3.63, 3.8) is 0 Å². The van der Waals surface area contributed by atoms with Crippen LogP contribution in [0.2, 0.25) is 10.3 Å². The molecule has 3 aromatic rings. The Kier molecular flexibility index (Phi) is 9.66. The average molecular weight is 547 g/mol. The molecule has 1 aliphatic rings. The fourth-order valence-corrected chi connectivity index (χ4v) is 5.01. The Morgan fingerprint density at radius 3 is 2.46 bits per heavy atom. The Morgan fingerprint density at radius 2 is 1.81 bits per heavy atom. The Hall–Kier alpha value is -2.81. The summed E-state index contributed by atoms with van der Waals surface area (Å²) >= 11 is 11.9. The Labute approximate surface area is 226 Å². The van der Waals surface area contributed by atoms with E-state index in [1.807, 2.05) is 24.3 Å². The SMILES string of the molecule is O=[N+]([O-])c1cn(CCC(O)COc2ccc(N3CCC(CCCc4ccc(Cl)cc4)CC3)cc2)c(Cl)n1. The van der Waals surface area contributed by atoms with Crippen molar-refractivity contribution in [2.24, 2.45) is 5.92 Å². The summed E-state index contributed by atoms with van der Waals surface area (Å²) in [6.07, 6.45) is 6.83. The standard InChI is InChI=1S/C27H32Cl2N4O4/c28-22-6-4-20(5-7-22)2-1-3-21-12-15-31(16-13-21)23-8-10-25(11-9-23)37-19-24(34)14-17-32-18-26(33(35)36)30-27(32)29/h4-11,18,21,24,34H,1-3,12-17,19H2. The molecule has 10 heteroatoms. The van der Waals surface area contributed by atoms with Crippen molar-refractivity contribution in [1.29, 1.82) is 0 Å². The average Bonchev–Trinajstić information content (AvgIpc) is 3.29. The molecule has 2 heterocycles. The van der Waals surface area contributed by atoms with E-state index in [0.29, 0.717) is 18.7 Å². The quantitative estimate of drug-likeness (QED) is 0.215. The van der Waals surface area contributed by atoms with Gasteiger partial charge in [0.25, 0.3) is 0 Å². The lowest BCUT2D eigenvalue weighted by atomic mass is 9.90. The molecule has 8 nitrogen and oxygen atoms in total. The van der Waals surface area contributed by atoms with E-state index >= 15 is 0 Å². The van der Waals surface area contributed by atoms with Gasteiger partial charge in [-0.1, -0.05) is 23.7 Å². The number of ether oxygens (including phenoxy) is 1. The zero-order valence-corrected chi connectivity index (χ0v) is 22.2. The summed E-state index contributed by atoms with van der Waals surface area (Å²) in [6, 6.07) is 16.1. The van der Waals surface area contributed by atoms with Gasteiger partial charge in [0.15, 0.2) is 0 Å². The van der Waals surface area contributed by atoms with Gasteiger partial charge >= 0.3 is 11.1 Å². The second-order valence-electron chi connectivity index (χ2n) is 9.52. The molecule has 37 heavy (non-hydrogen) atoms. The third kappa shape index (κ3) is 8.09. The third-order valence-corrected chi connectivity index (χ3v) is 7.41. The fourth-order valence-electron chi connectivity index (χ4n) is 4.67. The first-order chi connectivity index (χ1) is 17.9. The van der Waals surface area contributed by atoms with E-state index in [-0.39, 0.29) is 17.7 Å². The van der Waals surface area contributed by atoms with Crippen LogP contribution in [0.25, 0.3) is 0 Å². The number of anilines is 1. The molecule has 0 amide bonds. The number of nitro groups is 1. The van der Waals surface area contributed by atoms with Crippen molar-refractivity contribution in [3.05, 3.63) is 80.7 Å². The maximum Gasteiger partial charge on any atom is 0.383 e. The number of benzene rings is 2. The number of aliphatic hydroxyl groups excluding tert-OH is 1. The third-order valence-electron chi connectivity index (χ3n) is 6.86. The molecular weight excluding hydrogens is 515 g/mol. The zero-order chi connectivity index (χ0) is 26.2. The summed E-state index contributed by atoms with van der Waals surface area (Å²) in [6.45, 7) is 2.54. The number of halogens is 2. The fraction of sp³-hybridized carbons (Fsp3) is 0.444. The number of aliphatic hydroxyl groups is 1. The highest BCUT2D eigenvalue weighted by Gasteiger charge is 2.20. The molecule has 1 fully saturated rings. The van der Waals surface area contributed by atoms with E-state index in [0.717, 1.165) is 30.5 Å². The first-order valence-corrected chi connectivity index (χ1v) is 13.4. The summed E-state index contributed by atoms with van der Waals surface area (Å²) in [5.41, 5.74) is 2.54. The number of aryl methyl sites for hydroxylation is 2. The molecule has 1 saturated heterocycles. The first-order valence-electron chi connectivity index (χ1n) is 12.6. The molecule has 1 aliphatic heterocycles. The van der Waals surface area contributed by atoms with E-state index in [4.69, 9.17) is 27.9 Å². The lowest BCUT2D eigenvalue weighted by Gasteiger charge is -2.33. The molecule has 2 aromatic carbocycles. The van der Waals surface area contributed by atoms with E-state index < -0.39 is 11.0 Å². The van der Waals surface area contributed by atoms with Gasteiger partial charge in [0.05, 0.1) is 6.10 Å². The minimum absolute atomic E-state index is 0.0254. The molecule has 1 atom stereocenters. The highest BCUT2D eigenvalue weighted by atomic mass is 35.5. The lowest BCUT2D eigenvalue weighted by Crippen LogP contribution is -2.33. The molecule has 1 aromatic heterocycles. The number of nitrogens with zero attached hydrogens (tertiary/aromatic N) is 4. The Morgan fingerprint density at radius 1 is 1.11 bits per heavy atom. The molecule has 0 aliphatic carbocycles. The number of hydrogen-bond acceptors (Lipinski definition) is 6. The number of imidazole rings is 1. The van der Waals surface area contributed by atoms with Crippen molar-refractivity contribution in [2.75, 3.05) is 24.6 Å². The van der Waals surface area contributed by atoms with Crippen molar-refractivity contribution in [2.45, 2.75) is 51.2 Å². The van der Waals surface area contributed by atoms with Crippen LogP contribution in [0.1, 0.15) is 37.7 Å². The molecular formula is C27H32Cl2N4O4. The number of rotatable bonds is 12. The minimum Gasteiger partial charge on any atom is -0.491 e. The molecule has 0 radical (unpaired) electrons. The van der Waals surface area contributed by atoms with Crippen molar-refractivity contribution < 1.29 is 14.8 Å². The van der Waals surface area contributed by atoms with Crippen LogP contribution in [-0.2, 0) is 13.0 Å².